The first-order valence-corrected chi connectivity index (χ1v) is 6.19. The van der Waals surface area contributed by atoms with Crippen molar-refractivity contribution in [2.45, 2.75) is 25.9 Å². The second-order valence-corrected chi connectivity index (χ2v) is 4.44. The van der Waals surface area contributed by atoms with E-state index in [1.807, 2.05) is 36.0 Å². The molecular weight excluding hydrogens is 226 g/mol. The first-order valence-electron chi connectivity index (χ1n) is 6.19. The van der Waals surface area contributed by atoms with Crippen molar-refractivity contribution >= 4 is 0 Å². The number of aromatic nitrogens is 2. The van der Waals surface area contributed by atoms with E-state index in [9.17, 15) is 0 Å². The lowest BCUT2D eigenvalue weighted by Crippen LogP contribution is -2.17. The second-order valence-electron chi connectivity index (χ2n) is 4.44. The Hall–Kier alpha value is -1.81. The van der Waals surface area contributed by atoms with Crippen LogP contribution < -0.4 is 10.5 Å². The van der Waals surface area contributed by atoms with E-state index in [0.29, 0.717) is 6.61 Å². The maximum Gasteiger partial charge on any atom is 0.119 e. The largest absolute Gasteiger partial charge is 0.492 e. The number of nitrogens with two attached hydrogens (primary N) is 1. The average Bonchev–Trinajstić information content (AvgIpc) is 2.84. The van der Waals surface area contributed by atoms with Crippen molar-refractivity contribution in [1.29, 1.82) is 0 Å². The van der Waals surface area contributed by atoms with Gasteiger partial charge in [0.05, 0.1) is 6.54 Å². The molecule has 1 heterocycles. The fourth-order valence-electron chi connectivity index (χ4n) is 1.78. The van der Waals surface area contributed by atoms with Gasteiger partial charge in [-0.05, 0) is 37.1 Å². The van der Waals surface area contributed by atoms with E-state index in [0.717, 1.165) is 18.7 Å². The van der Waals surface area contributed by atoms with Crippen LogP contribution in [0, 0.1) is 0 Å². The summed E-state index contributed by atoms with van der Waals surface area (Å²) in [5.74, 6) is 0.885. The molecule has 4 heteroatoms. The van der Waals surface area contributed by atoms with Crippen LogP contribution in [0.25, 0.3) is 0 Å². The predicted molar refractivity (Wildman–Crippen MR) is 71.5 cm³/mol. The third kappa shape index (κ3) is 3.89. The van der Waals surface area contributed by atoms with Gasteiger partial charge in [-0.1, -0.05) is 12.1 Å². The lowest BCUT2D eigenvalue weighted by atomic mass is 10.1. The van der Waals surface area contributed by atoms with Crippen LogP contribution in [0.2, 0.25) is 0 Å². The van der Waals surface area contributed by atoms with Gasteiger partial charge in [0.1, 0.15) is 12.4 Å². The molecule has 1 aromatic carbocycles. The molecule has 0 radical (unpaired) electrons. The molecule has 2 aromatic rings. The van der Waals surface area contributed by atoms with Gasteiger partial charge >= 0.3 is 0 Å². The SMILES string of the molecule is CC(N)Cc1ccc(OCCn2cccn2)cc1. The topological polar surface area (TPSA) is 53.1 Å². The van der Waals surface area contributed by atoms with Gasteiger partial charge in [-0.2, -0.15) is 5.10 Å². The lowest BCUT2D eigenvalue weighted by molar-refractivity contribution is 0.291. The minimum absolute atomic E-state index is 0.191. The maximum absolute atomic E-state index is 5.76. The molecule has 0 aliphatic carbocycles. The molecule has 96 valence electrons. The van der Waals surface area contributed by atoms with E-state index in [4.69, 9.17) is 10.5 Å². The van der Waals surface area contributed by atoms with Crippen molar-refractivity contribution in [3.8, 4) is 5.75 Å². The molecule has 1 unspecified atom stereocenters. The van der Waals surface area contributed by atoms with E-state index in [1.165, 1.54) is 5.56 Å². The molecule has 0 saturated carbocycles. The molecule has 0 spiro atoms. The van der Waals surface area contributed by atoms with Gasteiger partial charge in [0.25, 0.3) is 0 Å². The summed E-state index contributed by atoms with van der Waals surface area (Å²) < 4.78 is 7.50. The zero-order valence-corrected chi connectivity index (χ0v) is 10.6. The zero-order valence-electron chi connectivity index (χ0n) is 10.6. The number of benzene rings is 1. The average molecular weight is 245 g/mol. The summed E-state index contributed by atoms with van der Waals surface area (Å²) in [6, 6.07) is 10.2. The zero-order chi connectivity index (χ0) is 12.8. The molecule has 0 bridgehead atoms. The Morgan fingerprint density at radius 3 is 2.72 bits per heavy atom. The number of hydrogen-bond donors (Lipinski definition) is 1. The third-order valence-electron chi connectivity index (χ3n) is 2.63. The highest BCUT2D eigenvalue weighted by Crippen LogP contribution is 2.13. The molecule has 2 rings (SSSR count). The lowest BCUT2D eigenvalue weighted by Gasteiger charge is -2.08. The van der Waals surface area contributed by atoms with Crippen LogP contribution in [0.15, 0.2) is 42.7 Å². The van der Waals surface area contributed by atoms with Gasteiger partial charge in [-0.3, -0.25) is 4.68 Å². The van der Waals surface area contributed by atoms with Gasteiger partial charge < -0.3 is 10.5 Å². The molecule has 0 fully saturated rings. The molecule has 18 heavy (non-hydrogen) atoms. The van der Waals surface area contributed by atoms with Gasteiger partial charge in [-0.15, -0.1) is 0 Å². The van der Waals surface area contributed by atoms with Crippen LogP contribution in [0.4, 0.5) is 0 Å². The quantitative estimate of drug-likeness (QED) is 0.845. The van der Waals surface area contributed by atoms with E-state index >= 15 is 0 Å². The summed E-state index contributed by atoms with van der Waals surface area (Å²) >= 11 is 0. The first-order chi connectivity index (χ1) is 8.74. The fraction of sp³-hybridized carbons (Fsp3) is 0.357. The summed E-state index contributed by atoms with van der Waals surface area (Å²) in [6.07, 6.45) is 4.59. The van der Waals surface area contributed by atoms with Crippen molar-refractivity contribution < 1.29 is 4.74 Å². The first kappa shape index (κ1) is 12.6. The minimum Gasteiger partial charge on any atom is -0.492 e. The standard InChI is InChI=1S/C14H19N3O/c1-12(15)11-13-3-5-14(6-4-13)18-10-9-17-8-2-7-16-17/h2-8,12H,9-11,15H2,1H3. The monoisotopic (exact) mass is 245 g/mol. The summed E-state index contributed by atoms with van der Waals surface area (Å²) in [6.45, 7) is 3.39. The second kappa shape index (κ2) is 6.21. The fourth-order valence-corrected chi connectivity index (χ4v) is 1.78. The van der Waals surface area contributed by atoms with Crippen LogP contribution in [-0.2, 0) is 13.0 Å². The van der Waals surface area contributed by atoms with Crippen LogP contribution in [0.1, 0.15) is 12.5 Å². The van der Waals surface area contributed by atoms with Gasteiger partial charge in [0.2, 0.25) is 0 Å². The number of rotatable bonds is 6. The molecule has 2 N–H and O–H groups in total. The van der Waals surface area contributed by atoms with Crippen molar-refractivity contribution in [3.05, 3.63) is 48.3 Å². The smallest absolute Gasteiger partial charge is 0.119 e. The van der Waals surface area contributed by atoms with Crippen LogP contribution in [0.3, 0.4) is 0 Å². The highest BCUT2D eigenvalue weighted by Gasteiger charge is 1.99. The van der Waals surface area contributed by atoms with Crippen molar-refractivity contribution in [2.75, 3.05) is 6.61 Å². The maximum atomic E-state index is 5.76. The molecule has 0 amide bonds. The van der Waals surface area contributed by atoms with Crippen LogP contribution in [0.5, 0.6) is 5.75 Å². The summed E-state index contributed by atoms with van der Waals surface area (Å²) in [5.41, 5.74) is 7.00. The van der Waals surface area contributed by atoms with Gasteiger partial charge in [-0.25, -0.2) is 0 Å². The Balaban J connectivity index is 1.79. The third-order valence-corrected chi connectivity index (χ3v) is 2.63. The minimum atomic E-state index is 0.191. The summed E-state index contributed by atoms with van der Waals surface area (Å²) in [4.78, 5) is 0. The molecule has 0 aliphatic rings. The molecule has 0 saturated heterocycles. The Morgan fingerprint density at radius 1 is 1.33 bits per heavy atom. The van der Waals surface area contributed by atoms with E-state index in [1.54, 1.807) is 6.20 Å². The van der Waals surface area contributed by atoms with E-state index < -0.39 is 0 Å². The number of nitrogens with zero attached hydrogens (tertiary/aromatic N) is 2. The normalized spacial score (nSPS) is 12.3. The summed E-state index contributed by atoms with van der Waals surface area (Å²) in [7, 11) is 0. The van der Waals surface area contributed by atoms with Crippen molar-refractivity contribution in [3.63, 3.8) is 0 Å². The van der Waals surface area contributed by atoms with Gasteiger partial charge in [0.15, 0.2) is 0 Å². The number of hydrogen-bond acceptors (Lipinski definition) is 3. The predicted octanol–water partition coefficient (Wildman–Crippen LogP) is 1.85. The molecule has 4 nitrogen and oxygen atoms in total. The molecule has 1 aromatic heterocycles. The Labute approximate surface area is 107 Å². The van der Waals surface area contributed by atoms with E-state index in [-0.39, 0.29) is 6.04 Å². The Morgan fingerprint density at radius 2 is 2.11 bits per heavy atom. The van der Waals surface area contributed by atoms with Crippen molar-refractivity contribution in [2.24, 2.45) is 5.73 Å². The van der Waals surface area contributed by atoms with Crippen LogP contribution >= 0.6 is 0 Å². The molecule has 1 atom stereocenters. The number of ether oxygens (including phenoxy) is 1. The highest BCUT2D eigenvalue weighted by molar-refractivity contribution is 5.27. The van der Waals surface area contributed by atoms with Crippen molar-refractivity contribution in [1.82, 2.24) is 9.78 Å². The van der Waals surface area contributed by atoms with Crippen LogP contribution in [-0.4, -0.2) is 22.4 Å². The van der Waals surface area contributed by atoms with Gasteiger partial charge in [0, 0.05) is 18.4 Å². The molecular formula is C14H19N3O. The Bertz CT molecular complexity index is 448. The Kier molecular flexibility index (Phi) is 4.36. The highest BCUT2D eigenvalue weighted by atomic mass is 16.5. The molecule has 0 aliphatic heterocycles. The van der Waals surface area contributed by atoms with E-state index in [2.05, 4.69) is 17.2 Å². The summed E-state index contributed by atoms with van der Waals surface area (Å²) in [5, 5.41) is 4.12.